The quantitative estimate of drug-likeness (QED) is 0.221. The number of H-pyrrole nitrogens is 1. The van der Waals surface area contributed by atoms with Crippen molar-refractivity contribution in [3.05, 3.63) is 72.2 Å². The van der Waals surface area contributed by atoms with Crippen molar-refractivity contribution in [1.82, 2.24) is 20.1 Å². The van der Waals surface area contributed by atoms with Gasteiger partial charge in [-0.1, -0.05) is 24.3 Å². The number of methoxy groups -OCH3 is 1. The van der Waals surface area contributed by atoms with E-state index in [2.05, 4.69) is 26.8 Å². The Morgan fingerprint density at radius 3 is 2.68 bits per heavy atom. The van der Waals surface area contributed by atoms with E-state index in [9.17, 15) is 14.9 Å². The third kappa shape index (κ3) is 7.37. The molecule has 1 fully saturated rings. The number of carbonyl (C=O) groups excluding carboxylic acids is 2. The topological polar surface area (TPSA) is 153 Å². The van der Waals surface area contributed by atoms with Crippen molar-refractivity contribution in [2.45, 2.75) is 57.7 Å². The number of hydrogen-bond donors (Lipinski definition) is 3. The number of rotatable bonds is 10. The van der Waals surface area contributed by atoms with Crippen molar-refractivity contribution in [2.24, 2.45) is 0 Å². The zero-order chi connectivity index (χ0) is 31.3. The number of benzene rings is 2. The van der Waals surface area contributed by atoms with Crippen molar-refractivity contribution in [1.29, 1.82) is 5.26 Å². The Bertz CT molecular complexity index is 1660. The van der Waals surface area contributed by atoms with Gasteiger partial charge in [0.2, 0.25) is 0 Å². The molecule has 1 aliphatic heterocycles. The standard InChI is InChI=1S/C32H36N6O6/c1-32(2,3)44-31(40)37-27(14-21-16-34-25-8-6-5-7-23(21)25)28(15-33)36-26-10-9-20(13-24(26)30(39)41-4)22-17-35-38(18-22)19-29-42-11-12-43-29/h5-10,13,16-18,27-29,34,36H,11-12,14,19H2,1-4H3,(H,37,40)/t27-,28-/m0/s1. The highest BCUT2D eigenvalue weighted by Gasteiger charge is 2.29. The molecule has 0 bridgehead atoms. The van der Waals surface area contributed by atoms with Crippen LogP contribution in [-0.4, -0.2) is 71.1 Å². The minimum Gasteiger partial charge on any atom is -0.465 e. The fraction of sp³-hybridized carbons (Fsp3) is 0.375. The first-order valence-corrected chi connectivity index (χ1v) is 14.3. The number of carbonyl (C=O) groups is 2. The summed E-state index contributed by atoms with van der Waals surface area (Å²) in [6, 6.07) is 13.6. The maximum Gasteiger partial charge on any atom is 0.407 e. The van der Waals surface area contributed by atoms with Crippen molar-refractivity contribution in [3.8, 4) is 17.2 Å². The Morgan fingerprint density at radius 2 is 1.95 bits per heavy atom. The molecule has 0 aliphatic carbocycles. The molecule has 1 amide bonds. The van der Waals surface area contributed by atoms with Crippen LogP contribution in [0.1, 0.15) is 36.7 Å². The van der Waals surface area contributed by atoms with Crippen LogP contribution < -0.4 is 10.6 Å². The molecule has 2 aromatic carbocycles. The normalized spacial score (nSPS) is 15.0. The molecule has 3 heterocycles. The summed E-state index contributed by atoms with van der Waals surface area (Å²) in [5, 5.41) is 21.7. The molecular formula is C32H36N6O6. The minimum atomic E-state index is -0.945. The van der Waals surface area contributed by atoms with Gasteiger partial charge in [-0.25, -0.2) is 9.59 Å². The Morgan fingerprint density at radius 1 is 1.18 bits per heavy atom. The molecule has 4 aromatic rings. The van der Waals surface area contributed by atoms with Gasteiger partial charge in [-0.15, -0.1) is 0 Å². The van der Waals surface area contributed by atoms with Crippen molar-refractivity contribution < 1.29 is 28.5 Å². The van der Waals surface area contributed by atoms with Crippen LogP contribution in [0.15, 0.2) is 61.1 Å². The molecule has 2 aromatic heterocycles. The number of nitrogens with one attached hydrogen (secondary N) is 3. The monoisotopic (exact) mass is 600 g/mol. The number of nitrogens with zero attached hydrogens (tertiary/aromatic N) is 3. The number of para-hydroxylation sites is 1. The van der Waals surface area contributed by atoms with E-state index in [1.165, 1.54) is 7.11 Å². The summed E-state index contributed by atoms with van der Waals surface area (Å²) >= 11 is 0. The number of ether oxygens (including phenoxy) is 4. The summed E-state index contributed by atoms with van der Waals surface area (Å²) in [4.78, 5) is 29.1. The first kappa shape index (κ1) is 30.6. The van der Waals surface area contributed by atoms with Crippen LogP contribution in [-0.2, 0) is 31.9 Å². The summed E-state index contributed by atoms with van der Waals surface area (Å²) < 4.78 is 23.3. The molecule has 12 heteroatoms. The van der Waals surface area contributed by atoms with E-state index in [0.717, 1.165) is 27.6 Å². The highest BCUT2D eigenvalue weighted by molar-refractivity contribution is 5.97. The highest BCUT2D eigenvalue weighted by Crippen LogP contribution is 2.28. The van der Waals surface area contributed by atoms with Crippen molar-refractivity contribution in [2.75, 3.05) is 25.6 Å². The van der Waals surface area contributed by atoms with Gasteiger partial charge in [0, 0.05) is 34.5 Å². The maximum atomic E-state index is 12.9. The van der Waals surface area contributed by atoms with Gasteiger partial charge in [0.05, 0.1) is 50.7 Å². The summed E-state index contributed by atoms with van der Waals surface area (Å²) in [6.45, 7) is 6.85. The van der Waals surface area contributed by atoms with Crippen LogP contribution >= 0.6 is 0 Å². The van der Waals surface area contributed by atoms with Crippen LogP contribution in [0.4, 0.5) is 10.5 Å². The lowest BCUT2D eigenvalue weighted by atomic mass is 9.98. The number of amides is 1. The molecule has 0 unspecified atom stereocenters. The summed E-state index contributed by atoms with van der Waals surface area (Å²) in [5.41, 5.74) is 3.23. The van der Waals surface area contributed by atoms with Gasteiger partial charge in [-0.05, 0) is 56.5 Å². The molecule has 2 atom stereocenters. The number of hydrogen-bond acceptors (Lipinski definition) is 9. The Labute approximate surface area is 255 Å². The summed E-state index contributed by atoms with van der Waals surface area (Å²) in [6.07, 6.45) is 4.71. The van der Waals surface area contributed by atoms with Gasteiger partial charge >= 0.3 is 12.1 Å². The molecule has 0 spiro atoms. The second kappa shape index (κ2) is 13.2. The molecule has 1 saturated heterocycles. The second-order valence-electron chi connectivity index (χ2n) is 11.4. The van der Waals surface area contributed by atoms with E-state index >= 15 is 0 Å². The molecule has 12 nitrogen and oxygen atoms in total. The maximum absolute atomic E-state index is 12.9. The molecule has 1 aliphatic rings. The third-order valence-corrected chi connectivity index (χ3v) is 7.09. The van der Waals surface area contributed by atoms with Gasteiger partial charge in [-0.3, -0.25) is 4.68 Å². The predicted octanol–water partition coefficient (Wildman–Crippen LogP) is 4.63. The Kier molecular flexibility index (Phi) is 9.18. The van der Waals surface area contributed by atoms with Crippen molar-refractivity contribution in [3.63, 3.8) is 0 Å². The largest absolute Gasteiger partial charge is 0.465 e. The molecule has 3 N–H and O–H groups in total. The van der Waals surface area contributed by atoms with E-state index in [0.29, 0.717) is 31.9 Å². The van der Waals surface area contributed by atoms with E-state index in [-0.39, 0.29) is 11.9 Å². The summed E-state index contributed by atoms with van der Waals surface area (Å²) in [5.74, 6) is -0.584. The Balaban J connectivity index is 1.42. The third-order valence-electron chi connectivity index (χ3n) is 7.09. The average molecular weight is 601 g/mol. The number of fused-ring (bicyclic) bond motifs is 1. The van der Waals surface area contributed by atoms with Crippen LogP contribution in [0.25, 0.3) is 22.0 Å². The van der Waals surface area contributed by atoms with Crippen molar-refractivity contribution >= 4 is 28.7 Å². The van der Waals surface area contributed by atoms with Crippen LogP contribution in [0.3, 0.4) is 0 Å². The zero-order valence-corrected chi connectivity index (χ0v) is 25.1. The van der Waals surface area contributed by atoms with Gasteiger partial charge in [-0.2, -0.15) is 10.4 Å². The lowest BCUT2D eigenvalue weighted by Crippen LogP contribution is -2.49. The van der Waals surface area contributed by atoms with E-state index in [1.807, 2.05) is 42.7 Å². The van der Waals surface area contributed by atoms with Crippen LogP contribution in [0.5, 0.6) is 0 Å². The van der Waals surface area contributed by atoms with Crippen LogP contribution in [0.2, 0.25) is 0 Å². The molecular weight excluding hydrogens is 564 g/mol. The lowest BCUT2D eigenvalue weighted by Gasteiger charge is -2.27. The number of anilines is 1. The molecule has 5 rings (SSSR count). The summed E-state index contributed by atoms with van der Waals surface area (Å²) in [7, 11) is 1.30. The molecule has 230 valence electrons. The number of nitriles is 1. The first-order valence-electron chi connectivity index (χ1n) is 14.3. The van der Waals surface area contributed by atoms with Gasteiger partial charge in [0.25, 0.3) is 0 Å². The predicted molar refractivity (Wildman–Crippen MR) is 163 cm³/mol. The number of alkyl carbamates (subject to hydrolysis) is 1. The average Bonchev–Trinajstić information content (AvgIpc) is 3.77. The lowest BCUT2D eigenvalue weighted by molar-refractivity contribution is -0.0545. The fourth-order valence-electron chi connectivity index (χ4n) is 5.05. The molecule has 44 heavy (non-hydrogen) atoms. The highest BCUT2D eigenvalue weighted by atomic mass is 16.7. The SMILES string of the molecule is COC(=O)c1cc(-c2cnn(CC3OCCO3)c2)ccc1N[C@@H](C#N)[C@H](Cc1c[nH]c2ccccc12)NC(=O)OC(C)(C)C. The molecule has 0 saturated carbocycles. The molecule has 0 radical (unpaired) electrons. The van der Waals surface area contributed by atoms with Gasteiger partial charge in [0.15, 0.2) is 6.29 Å². The zero-order valence-electron chi connectivity index (χ0n) is 25.1. The fourth-order valence-corrected chi connectivity index (χ4v) is 5.05. The first-order chi connectivity index (χ1) is 21.1. The number of aromatic amines is 1. The number of esters is 1. The van der Waals surface area contributed by atoms with E-state index < -0.39 is 29.7 Å². The van der Waals surface area contributed by atoms with Gasteiger partial charge in [0.1, 0.15) is 11.6 Å². The van der Waals surface area contributed by atoms with Gasteiger partial charge < -0.3 is 34.6 Å². The second-order valence-corrected chi connectivity index (χ2v) is 11.4. The van der Waals surface area contributed by atoms with E-state index in [1.54, 1.807) is 43.8 Å². The smallest absolute Gasteiger partial charge is 0.407 e. The van der Waals surface area contributed by atoms with Crippen LogP contribution in [0, 0.1) is 11.3 Å². The minimum absolute atomic E-state index is 0.226. The van der Waals surface area contributed by atoms with E-state index in [4.69, 9.17) is 18.9 Å². The Hall–Kier alpha value is -4.86. The number of aromatic nitrogens is 3.